The molecule has 2 heterocycles. The molecule has 5 nitrogen and oxygen atoms in total. The van der Waals surface area contributed by atoms with E-state index in [0.29, 0.717) is 16.9 Å². The lowest BCUT2D eigenvalue weighted by molar-refractivity contribution is 0.0522. The van der Waals surface area contributed by atoms with Crippen LogP contribution in [0.5, 0.6) is 5.75 Å². The molecule has 1 aliphatic heterocycles. The number of fused-ring (bicyclic) bond motifs is 1. The summed E-state index contributed by atoms with van der Waals surface area (Å²) in [5.74, 6) is -0.336. The van der Waals surface area contributed by atoms with E-state index in [1.165, 1.54) is 16.9 Å². The van der Waals surface area contributed by atoms with Crippen molar-refractivity contribution in [2.75, 3.05) is 6.61 Å². The summed E-state index contributed by atoms with van der Waals surface area (Å²) in [6, 6.07) is 10.3. The highest BCUT2D eigenvalue weighted by atomic mass is 32.1. The Kier molecular flexibility index (Phi) is 5.01. The van der Waals surface area contributed by atoms with E-state index in [1.54, 1.807) is 6.92 Å². The fourth-order valence-electron chi connectivity index (χ4n) is 3.10. The quantitative estimate of drug-likeness (QED) is 0.824. The Balaban J connectivity index is 2.17. The molecule has 1 atom stereocenters. The number of ether oxygens (including phenoxy) is 2. The minimum absolute atomic E-state index is 0.0351. The zero-order valence-electron chi connectivity index (χ0n) is 15.0. The number of hydrogen-bond donors (Lipinski definition) is 1. The molecule has 1 aromatic heterocycles. The Bertz CT molecular complexity index is 920. The normalized spacial score (nSPS) is 15.8. The van der Waals surface area contributed by atoms with Crippen molar-refractivity contribution in [3.63, 3.8) is 0 Å². The van der Waals surface area contributed by atoms with E-state index < -0.39 is 5.97 Å². The first-order valence-electron chi connectivity index (χ1n) is 8.48. The number of nitrogens with zero attached hydrogens (tertiary/aromatic N) is 1. The van der Waals surface area contributed by atoms with Crippen LogP contribution in [0.2, 0.25) is 0 Å². The topological polar surface area (TPSA) is 85.3 Å². The lowest BCUT2D eigenvalue weighted by atomic mass is 9.87. The van der Waals surface area contributed by atoms with Gasteiger partial charge in [-0.15, -0.1) is 11.3 Å². The highest BCUT2D eigenvalue weighted by Gasteiger charge is 2.37. The summed E-state index contributed by atoms with van der Waals surface area (Å²) in [4.78, 5) is 14.0. The molecule has 0 bridgehead atoms. The Labute approximate surface area is 156 Å². The van der Waals surface area contributed by atoms with Crippen molar-refractivity contribution in [1.82, 2.24) is 0 Å². The number of aryl methyl sites for hydroxylation is 2. The van der Waals surface area contributed by atoms with E-state index in [4.69, 9.17) is 15.2 Å². The van der Waals surface area contributed by atoms with Crippen LogP contribution >= 0.6 is 11.3 Å². The number of carbonyl (C=O) groups excluding carboxylic acids is 1. The average molecular weight is 368 g/mol. The monoisotopic (exact) mass is 368 g/mol. The van der Waals surface area contributed by atoms with Crippen molar-refractivity contribution >= 4 is 17.3 Å². The molecule has 0 spiro atoms. The first-order valence-corrected chi connectivity index (χ1v) is 9.30. The summed E-state index contributed by atoms with van der Waals surface area (Å²) in [6.45, 7) is 5.97. The lowest BCUT2D eigenvalue weighted by Gasteiger charge is -2.24. The number of thiophene rings is 1. The van der Waals surface area contributed by atoms with Gasteiger partial charge in [-0.1, -0.05) is 31.2 Å². The standard InChI is InChI=1S/C20H20N2O3S/c1-4-12-6-8-13(9-7-12)16-14(10-21)19(22)25-17-15(20(23)24-5-2)11(3)26-18(16)17/h6-9,16H,4-5,22H2,1-3H3/t16-/m0/s1. The van der Waals surface area contributed by atoms with E-state index in [1.807, 2.05) is 31.2 Å². The summed E-state index contributed by atoms with van der Waals surface area (Å²) in [5.41, 5.74) is 8.94. The van der Waals surface area contributed by atoms with Crippen molar-refractivity contribution in [3.8, 4) is 11.8 Å². The summed E-state index contributed by atoms with van der Waals surface area (Å²) < 4.78 is 10.9. The third-order valence-electron chi connectivity index (χ3n) is 4.42. The molecule has 3 rings (SSSR count). The highest BCUT2D eigenvalue weighted by Crippen LogP contribution is 2.49. The van der Waals surface area contributed by atoms with Crippen molar-refractivity contribution < 1.29 is 14.3 Å². The van der Waals surface area contributed by atoms with Crippen molar-refractivity contribution in [3.05, 3.63) is 62.2 Å². The van der Waals surface area contributed by atoms with E-state index in [2.05, 4.69) is 13.0 Å². The minimum atomic E-state index is -0.434. The first kappa shape index (κ1) is 18.0. The SMILES string of the molecule is CCOC(=O)c1c(C)sc2c1OC(N)=C(C#N)[C@@H]2c1ccc(CC)cc1. The number of carbonyl (C=O) groups is 1. The maximum Gasteiger partial charge on any atom is 0.343 e. The van der Waals surface area contributed by atoms with Gasteiger partial charge in [-0.05, 0) is 31.4 Å². The Morgan fingerprint density at radius 2 is 2.04 bits per heavy atom. The molecule has 26 heavy (non-hydrogen) atoms. The van der Waals surface area contributed by atoms with Gasteiger partial charge in [-0.25, -0.2) is 4.79 Å². The zero-order valence-corrected chi connectivity index (χ0v) is 15.8. The van der Waals surface area contributed by atoms with Crippen LogP contribution in [0.25, 0.3) is 0 Å². The fraction of sp³-hybridized carbons (Fsp3) is 0.300. The smallest absolute Gasteiger partial charge is 0.343 e. The number of allylic oxidation sites excluding steroid dienone is 1. The molecule has 2 N–H and O–H groups in total. The molecule has 6 heteroatoms. The molecule has 1 aromatic carbocycles. The van der Waals surface area contributed by atoms with Gasteiger partial charge in [0.25, 0.3) is 0 Å². The van der Waals surface area contributed by atoms with Gasteiger partial charge < -0.3 is 15.2 Å². The van der Waals surface area contributed by atoms with Crippen LogP contribution < -0.4 is 10.5 Å². The largest absolute Gasteiger partial charge is 0.462 e. The Morgan fingerprint density at radius 3 is 2.62 bits per heavy atom. The van der Waals surface area contributed by atoms with Gasteiger partial charge in [0, 0.05) is 4.88 Å². The molecule has 0 amide bonds. The summed E-state index contributed by atoms with van der Waals surface area (Å²) >= 11 is 1.44. The van der Waals surface area contributed by atoms with E-state index in [-0.39, 0.29) is 18.4 Å². The van der Waals surface area contributed by atoms with Crippen molar-refractivity contribution in [2.45, 2.75) is 33.1 Å². The van der Waals surface area contributed by atoms with Crippen LogP contribution in [-0.2, 0) is 11.2 Å². The summed E-state index contributed by atoms with van der Waals surface area (Å²) in [7, 11) is 0. The molecule has 0 saturated heterocycles. The van der Waals surface area contributed by atoms with E-state index in [0.717, 1.165) is 21.7 Å². The number of nitriles is 1. The molecular weight excluding hydrogens is 348 g/mol. The van der Waals surface area contributed by atoms with Gasteiger partial charge in [0.2, 0.25) is 5.88 Å². The van der Waals surface area contributed by atoms with E-state index in [9.17, 15) is 10.1 Å². The van der Waals surface area contributed by atoms with Crippen LogP contribution in [0.1, 0.15) is 51.0 Å². The second-order valence-electron chi connectivity index (χ2n) is 5.97. The van der Waals surface area contributed by atoms with Gasteiger partial charge in [0.1, 0.15) is 17.2 Å². The second-order valence-corrected chi connectivity index (χ2v) is 7.22. The van der Waals surface area contributed by atoms with Crippen LogP contribution in [0.15, 0.2) is 35.7 Å². The number of rotatable bonds is 4. The molecule has 1 aliphatic rings. The van der Waals surface area contributed by atoms with Gasteiger partial charge in [-0.2, -0.15) is 5.26 Å². The van der Waals surface area contributed by atoms with Crippen molar-refractivity contribution in [2.24, 2.45) is 5.73 Å². The third kappa shape index (κ3) is 2.95. The highest BCUT2D eigenvalue weighted by molar-refractivity contribution is 7.12. The van der Waals surface area contributed by atoms with Crippen LogP contribution in [0, 0.1) is 18.3 Å². The molecule has 0 saturated carbocycles. The summed E-state index contributed by atoms with van der Waals surface area (Å²) in [6.07, 6.45) is 0.938. The van der Waals surface area contributed by atoms with Crippen LogP contribution in [-0.4, -0.2) is 12.6 Å². The number of hydrogen-bond acceptors (Lipinski definition) is 6. The molecule has 2 aromatic rings. The number of nitrogens with two attached hydrogens (primary N) is 1. The lowest BCUT2D eigenvalue weighted by Crippen LogP contribution is -2.21. The Hall–Kier alpha value is -2.78. The minimum Gasteiger partial charge on any atom is -0.462 e. The molecule has 0 unspecified atom stereocenters. The van der Waals surface area contributed by atoms with Gasteiger partial charge >= 0.3 is 5.97 Å². The fourth-order valence-corrected chi connectivity index (χ4v) is 4.31. The van der Waals surface area contributed by atoms with Gasteiger partial charge in [0.15, 0.2) is 5.75 Å². The molecular formula is C20H20N2O3S. The summed E-state index contributed by atoms with van der Waals surface area (Å²) in [5, 5.41) is 9.63. The zero-order chi connectivity index (χ0) is 18.8. The molecule has 0 fully saturated rings. The molecule has 0 radical (unpaired) electrons. The third-order valence-corrected chi connectivity index (χ3v) is 5.57. The van der Waals surface area contributed by atoms with Gasteiger partial charge in [0.05, 0.1) is 17.4 Å². The van der Waals surface area contributed by atoms with E-state index >= 15 is 0 Å². The predicted octanol–water partition coefficient (Wildman–Crippen LogP) is 4.01. The number of benzene rings is 1. The second kappa shape index (κ2) is 7.22. The predicted molar refractivity (Wildman–Crippen MR) is 100 cm³/mol. The molecule has 0 aliphatic carbocycles. The number of esters is 1. The Morgan fingerprint density at radius 1 is 1.35 bits per heavy atom. The van der Waals surface area contributed by atoms with Crippen LogP contribution in [0.4, 0.5) is 0 Å². The van der Waals surface area contributed by atoms with Crippen molar-refractivity contribution in [1.29, 1.82) is 5.26 Å². The van der Waals surface area contributed by atoms with Crippen LogP contribution in [0.3, 0.4) is 0 Å². The maximum atomic E-state index is 12.4. The molecule has 134 valence electrons. The average Bonchev–Trinajstić information content (AvgIpc) is 2.96. The first-order chi connectivity index (χ1) is 12.5. The van der Waals surface area contributed by atoms with Gasteiger partial charge in [-0.3, -0.25) is 0 Å². The maximum absolute atomic E-state index is 12.4.